The van der Waals surface area contributed by atoms with Gasteiger partial charge in [0, 0.05) is 38.2 Å². The minimum Gasteiger partial charge on any atom is -0.385 e. The van der Waals surface area contributed by atoms with Crippen molar-refractivity contribution in [1.82, 2.24) is 9.80 Å². The zero-order valence-corrected chi connectivity index (χ0v) is 21.6. The lowest BCUT2D eigenvalue weighted by molar-refractivity contribution is -0.0264. The summed E-state index contributed by atoms with van der Waals surface area (Å²) < 4.78 is 0. The van der Waals surface area contributed by atoms with Crippen molar-refractivity contribution in [2.75, 3.05) is 33.2 Å². The molecule has 4 nitrogen and oxygen atoms in total. The Balaban J connectivity index is 1.42. The predicted octanol–water partition coefficient (Wildman–Crippen LogP) is 6.22. The molecule has 1 fully saturated rings. The summed E-state index contributed by atoms with van der Waals surface area (Å²) in [6.45, 7) is 3.12. The second kappa shape index (κ2) is 11.6. The molecule has 3 aromatic rings. The van der Waals surface area contributed by atoms with Gasteiger partial charge in [-0.3, -0.25) is 4.79 Å². The number of amides is 1. The Hall–Kier alpha value is -2.37. The Labute approximate surface area is 218 Å². The highest BCUT2D eigenvalue weighted by molar-refractivity contribution is 6.42. The Kier molecular flexibility index (Phi) is 8.51. The van der Waals surface area contributed by atoms with Gasteiger partial charge in [-0.25, -0.2) is 0 Å². The van der Waals surface area contributed by atoms with Crippen LogP contribution in [0.5, 0.6) is 0 Å². The number of hydrogen-bond acceptors (Lipinski definition) is 3. The molecule has 1 saturated heterocycles. The normalized spacial score (nSPS) is 16.6. The second-order valence-electron chi connectivity index (χ2n) is 9.45. The fraction of sp³-hybridized carbons (Fsp3) is 0.345. The number of carbonyl (C=O) groups is 1. The molecular formula is C29H32Cl2N2O2. The van der Waals surface area contributed by atoms with Crippen LogP contribution in [0.4, 0.5) is 0 Å². The summed E-state index contributed by atoms with van der Waals surface area (Å²) in [5.41, 5.74) is 1.99. The molecule has 35 heavy (non-hydrogen) atoms. The summed E-state index contributed by atoms with van der Waals surface area (Å²) >= 11 is 12.5. The summed E-state index contributed by atoms with van der Waals surface area (Å²) in [6.07, 6.45) is 2.29. The first-order chi connectivity index (χ1) is 16.9. The topological polar surface area (TPSA) is 43.8 Å². The number of carbonyl (C=O) groups excluding carboxylic acids is 1. The molecule has 0 bridgehead atoms. The lowest BCUT2D eigenvalue weighted by atomic mass is 9.84. The van der Waals surface area contributed by atoms with Crippen LogP contribution >= 0.6 is 23.2 Å². The highest BCUT2D eigenvalue weighted by atomic mass is 35.5. The van der Waals surface area contributed by atoms with Crippen molar-refractivity contribution in [2.45, 2.75) is 30.8 Å². The van der Waals surface area contributed by atoms with Gasteiger partial charge in [-0.2, -0.15) is 0 Å². The number of aliphatic hydroxyl groups is 1. The van der Waals surface area contributed by atoms with Crippen LogP contribution in [-0.4, -0.2) is 54.0 Å². The molecule has 1 amide bonds. The van der Waals surface area contributed by atoms with Crippen molar-refractivity contribution < 1.29 is 9.90 Å². The number of hydrogen-bond donors (Lipinski definition) is 1. The summed E-state index contributed by atoms with van der Waals surface area (Å²) in [4.78, 5) is 17.2. The van der Waals surface area contributed by atoms with Gasteiger partial charge >= 0.3 is 0 Å². The van der Waals surface area contributed by atoms with Crippen LogP contribution in [0.1, 0.15) is 46.7 Å². The molecule has 1 heterocycles. The molecule has 0 spiro atoms. The third kappa shape index (κ3) is 6.45. The van der Waals surface area contributed by atoms with Gasteiger partial charge in [0.1, 0.15) is 0 Å². The lowest BCUT2D eigenvalue weighted by Gasteiger charge is -2.39. The van der Waals surface area contributed by atoms with E-state index in [2.05, 4.69) is 4.90 Å². The number of benzene rings is 3. The van der Waals surface area contributed by atoms with Gasteiger partial charge < -0.3 is 14.9 Å². The van der Waals surface area contributed by atoms with Crippen LogP contribution in [0.3, 0.4) is 0 Å². The third-order valence-corrected chi connectivity index (χ3v) is 7.80. The number of nitrogens with zero attached hydrogens (tertiary/aromatic N) is 2. The maximum absolute atomic E-state index is 13.0. The van der Waals surface area contributed by atoms with Crippen LogP contribution in [0.25, 0.3) is 0 Å². The molecule has 184 valence electrons. The molecule has 4 rings (SSSR count). The van der Waals surface area contributed by atoms with Gasteiger partial charge in [0.05, 0.1) is 15.6 Å². The highest BCUT2D eigenvalue weighted by Gasteiger charge is 2.34. The summed E-state index contributed by atoms with van der Waals surface area (Å²) in [7, 11) is 1.85. The second-order valence-corrected chi connectivity index (χ2v) is 10.3. The molecule has 0 unspecified atom stereocenters. The van der Waals surface area contributed by atoms with E-state index in [0.717, 1.165) is 37.2 Å². The molecule has 0 saturated carbocycles. The molecule has 1 atom stereocenters. The van der Waals surface area contributed by atoms with Crippen molar-refractivity contribution in [3.63, 3.8) is 0 Å². The molecule has 3 aromatic carbocycles. The van der Waals surface area contributed by atoms with Gasteiger partial charge in [-0.1, -0.05) is 77.8 Å². The maximum Gasteiger partial charge on any atom is 0.253 e. The van der Waals surface area contributed by atoms with E-state index in [4.69, 9.17) is 23.2 Å². The van der Waals surface area contributed by atoms with Crippen LogP contribution in [0.15, 0.2) is 78.9 Å². The number of rotatable bonds is 8. The monoisotopic (exact) mass is 510 g/mol. The molecule has 0 radical (unpaired) electrons. The van der Waals surface area contributed by atoms with E-state index < -0.39 is 5.60 Å². The van der Waals surface area contributed by atoms with Gasteiger partial charge in [0.2, 0.25) is 0 Å². The van der Waals surface area contributed by atoms with Crippen molar-refractivity contribution in [1.29, 1.82) is 0 Å². The minimum absolute atomic E-state index is 0.00144. The van der Waals surface area contributed by atoms with Crippen LogP contribution in [-0.2, 0) is 5.60 Å². The zero-order chi connectivity index (χ0) is 24.8. The third-order valence-electron chi connectivity index (χ3n) is 7.06. The molecular weight excluding hydrogens is 479 g/mol. The molecule has 1 N–H and O–H groups in total. The van der Waals surface area contributed by atoms with Crippen molar-refractivity contribution in [3.8, 4) is 0 Å². The van der Waals surface area contributed by atoms with E-state index >= 15 is 0 Å². The fourth-order valence-corrected chi connectivity index (χ4v) is 5.17. The van der Waals surface area contributed by atoms with Crippen LogP contribution in [0, 0.1) is 0 Å². The van der Waals surface area contributed by atoms with Crippen molar-refractivity contribution in [2.24, 2.45) is 0 Å². The van der Waals surface area contributed by atoms with E-state index in [-0.39, 0.29) is 11.8 Å². The van der Waals surface area contributed by atoms with Gasteiger partial charge in [-0.15, -0.1) is 0 Å². The predicted molar refractivity (Wildman–Crippen MR) is 143 cm³/mol. The van der Waals surface area contributed by atoms with E-state index in [9.17, 15) is 9.90 Å². The smallest absolute Gasteiger partial charge is 0.253 e. The Morgan fingerprint density at radius 3 is 2.23 bits per heavy atom. The first-order valence-corrected chi connectivity index (χ1v) is 12.9. The van der Waals surface area contributed by atoms with Crippen molar-refractivity contribution in [3.05, 3.63) is 106 Å². The van der Waals surface area contributed by atoms with Crippen LogP contribution in [0.2, 0.25) is 10.0 Å². The number of halogens is 2. The quantitative estimate of drug-likeness (QED) is 0.390. The SMILES string of the molecule is CN(C[C@H](CCN1CCC(O)(c2ccccc2)CC1)c1ccc(Cl)c(Cl)c1)C(=O)c1ccccc1. The molecule has 1 aliphatic heterocycles. The fourth-order valence-electron chi connectivity index (χ4n) is 4.87. The Bertz CT molecular complexity index is 1120. The lowest BCUT2D eigenvalue weighted by Crippen LogP contribution is -2.43. The Morgan fingerprint density at radius 1 is 0.971 bits per heavy atom. The average Bonchev–Trinajstić information content (AvgIpc) is 2.89. The summed E-state index contributed by atoms with van der Waals surface area (Å²) in [5.74, 6) is 0.110. The molecule has 1 aliphatic rings. The molecule has 0 aromatic heterocycles. The number of likely N-dealkylation sites (tertiary alicyclic amines) is 1. The number of likely N-dealkylation sites (N-methyl/N-ethyl adjacent to an activating group) is 1. The Morgan fingerprint density at radius 2 is 1.60 bits per heavy atom. The average molecular weight is 511 g/mol. The highest BCUT2D eigenvalue weighted by Crippen LogP contribution is 2.34. The van der Waals surface area contributed by atoms with Gasteiger partial charge in [0.25, 0.3) is 5.91 Å². The number of piperidine rings is 1. The van der Waals surface area contributed by atoms with E-state index in [1.54, 1.807) is 4.90 Å². The molecule has 6 heteroatoms. The molecule has 0 aliphatic carbocycles. The first kappa shape index (κ1) is 25.7. The zero-order valence-electron chi connectivity index (χ0n) is 20.0. The van der Waals surface area contributed by atoms with E-state index in [1.807, 2.05) is 85.9 Å². The van der Waals surface area contributed by atoms with Gasteiger partial charge in [0.15, 0.2) is 0 Å². The largest absolute Gasteiger partial charge is 0.385 e. The van der Waals surface area contributed by atoms with E-state index in [1.165, 1.54) is 0 Å². The van der Waals surface area contributed by atoms with Crippen LogP contribution < -0.4 is 0 Å². The van der Waals surface area contributed by atoms with Crippen molar-refractivity contribution >= 4 is 29.1 Å². The minimum atomic E-state index is -0.761. The van der Waals surface area contributed by atoms with Gasteiger partial charge in [-0.05, 0) is 61.2 Å². The van der Waals surface area contributed by atoms with E-state index in [0.29, 0.717) is 35.0 Å². The first-order valence-electron chi connectivity index (χ1n) is 12.1. The summed E-state index contributed by atoms with van der Waals surface area (Å²) in [5, 5.41) is 12.2. The maximum atomic E-state index is 13.0. The standard InChI is InChI=1S/C29H32Cl2N2O2/c1-32(28(34)22-8-4-2-5-9-22)21-24(23-12-13-26(30)27(31)20-23)14-17-33-18-15-29(35,16-19-33)25-10-6-3-7-11-25/h2-13,20,24,35H,14-19,21H2,1H3/t24-/m0/s1. The summed E-state index contributed by atoms with van der Waals surface area (Å²) in [6, 6.07) is 25.1.